The Balaban J connectivity index is 3.19. The summed E-state index contributed by atoms with van der Waals surface area (Å²) >= 11 is 5.20. The van der Waals surface area contributed by atoms with Crippen LogP contribution >= 0.6 is 11.6 Å². The first-order valence-electron chi connectivity index (χ1n) is 3.70. The number of nitro benzene ring substituents is 1. The molecule has 1 rings (SSSR count). The van der Waals surface area contributed by atoms with E-state index in [2.05, 4.69) is 0 Å². The highest BCUT2D eigenvalue weighted by Gasteiger charge is 2.18. The molecule has 5 nitrogen and oxygen atoms in total. The molecule has 0 saturated carbocycles. The number of amides is 1. The van der Waals surface area contributed by atoms with Gasteiger partial charge in [-0.2, -0.15) is 0 Å². The zero-order valence-corrected chi connectivity index (χ0v) is 8.06. The van der Waals surface area contributed by atoms with Crippen molar-refractivity contribution in [2.24, 2.45) is 0 Å². The van der Waals surface area contributed by atoms with Gasteiger partial charge in [-0.25, -0.2) is 0 Å². The van der Waals surface area contributed by atoms with Crippen LogP contribution in [0, 0.1) is 10.1 Å². The van der Waals surface area contributed by atoms with Crippen LogP contribution in [0.1, 0.15) is 0 Å². The van der Waals surface area contributed by atoms with Crippen LogP contribution in [0.2, 0.25) is 0 Å². The molecule has 0 aliphatic heterocycles. The van der Waals surface area contributed by atoms with Crippen molar-refractivity contribution in [3.05, 3.63) is 34.4 Å². The third-order valence-electron chi connectivity index (χ3n) is 1.70. The number of carbonyl (C=O) groups excluding carboxylic acids is 1. The molecule has 0 N–H and O–H groups in total. The first-order chi connectivity index (χ1) is 6.54. The van der Waals surface area contributed by atoms with Crippen LogP contribution in [0.4, 0.5) is 16.2 Å². The predicted octanol–water partition coefficient (Wildman–Crippen LogP) is 2.39. The number of carbonyl (C=O) groups is 1. The number of hydrogen-bond acceptors (Lipinski definition) is 3. The number of halogens is 1. The summed E-state index contributed by atoms with van der Waals surface area (Å²) in [7, 11) is 1.37. The average molecular weight is 215 g/mol. The Kier molecular flexibility index (Phi) is 3.03. The molecule has 0 aliphatic rings. The summed E-state index contributed by atoms with van der Waals surface area (Å²) in [5, 5.41) is 9.81. The SMILES string of the molecule is CN(C(=O)Cl)c1ccccc1[N+](=O)[O-]. The van der Waals surface area contributed by atoms with Crippen molar-refractivity contribution in [3.8, 4) is 0 Å². The maximum absolute atomic E-state index is 10.8. The molecule has 1 amide bonds. The van der Waals surface area contributed by atoms with Gasteiger partial charge in [-0.05, 0) is 17.7 Å². The smallest absolute Gasteiger partial charge is 0.296 e. The molecular formula is C8H7ClN2O3. The van der Waals surface area contributed by atoms with Crippen molar-refractivity contribution < 1.29 is 9.72 Å². The Morgan fingerprint density at radius 3 is 2.57 bits per heavy atom. The zero-order chi connectivity index (χ0) is 10.7. The van der Waals surface area contributed by atoms with Crippen molar-refractivity contribution in [1.82, 2.24) is 0 Å². The molecule has 0 atom stereocenters. The van der Waals surface area contributed by atoms with Gasteiger partial charge in [0, 0.05) is 13.1 Å². The second kappa shape index (κ2) is 4.06. The maximum Gasteiger partial charge on any atom is 0.320 e. The number of anilines is 1. The minimum absolute atomic E-state index is 0.149. The van der Waals surface area contributed by atoms with Gasteiger partial charge in [0.05, 0.1) is 4.92 Å². The second-order valence-corrected chi connectivity index (χ2v) is 2.88. The van der Waals surface area contributed by atoms with E-state index in [9.17, 15) is 14.9 Å². The van der Waals surface area contributed by atoms with Crippen molar-refractivity contribution in [2.75, 3.05) is 11.9 Å². The summed E-state index contributed by atoms with van der Waals surface area (Å²) < 4.78 is 0. The Hall–Kier alpha value is -1.62. The standard InChI is InChI=1S/C8H7ClN2O3/c1-10(8(9)12)6-4-2-3-5-7(6)11(13)14/h2-5H,1H3. The summed E-state index contributed by atoms with van der Waals surface area (Å²) in [6, 6.07) is 5.89. The number of hydrogen-bond donors (Lipinski definition) is 0. The van der Waals surface area contributed by atoms with E-state index in [1.807, 2.05) is 0 Å². The van der Waals surface area contributed by atoms with Crippen LogP contribution in [0.25, 0.3) is 0 Å². The first kappa shape index (κ1) is 10.5. The van der Waals surface area contributed by atoms with Crippen molar-refractivity contribution in [3.63, 3.8) is 0 Å². The van der Waals surface area contributed by atoms with E-state index >= 15 is 0 Å². The highest BCUT2D eigenvalue weighted by atomic mass is 35.5. The largest absolute Gasteiger partial charge is 0.320 e. The van der Waals surface area contributed by atoms with Gasteiger partial charge >= 0.3 is 5.37 Å². The van der Waals surface area contributed by atoms with E-state index in [0.717, 1.165) is 4.90 Å². The molecule has 1 aromatic rings. The summed E-state index contributed by atoms with van der Waals surface area (Å²) in [5.74, 6) is 0. The average Bonchev–Trinajstić information content (AvgIpc) is 2.16. The monoisotopic (exact) mass is 214 g/mol. The zero-order valence-electron chi connectivity index (χ0n) is 7.31. The molecular weight excluding hydrogens is 208 g/mol. The lowest BCUT2D eigenvalue weighted by molar-refractivity contribution is -0.384. The molecule has 0 spiro atoms. The molecule has 0 heterocycles. The molecule has 6 heteroatoms. The summed E-state index contributed by atoms with van der Waals surface area (Å²) in [4.78, 5) is 21.8. The number of para-hydroxylation sites is 2. The molecule has 0 aliphatic carbocycles. The van der Waals surface area contributed by atoms with E-state index in [-0.39, 0.29) is 11.4 Å². The third-order valence-corrected chi connectivity index (χ3v) is 1.96. The fraction of sp³-hybridized carbons (Fsp3) is 0.125. The highest BCUT2D eigenvalue weighted by Crippen LogP contribution is 2.27. The normalized spacial score (nSPS) is 9.57. The lowest BCUT2D eigenvalue weighted by Crippen LogP contribution is -2.20. The quantitative estimate of drug-likeness (QED) is 0.329. The van der Waals surface area contributed by atoms with E-state index in [1.54, 1.807) is 6.07 Å². The van der Waals surface area contributed by atoms with E-state index in [1.165, 1.54) is 25.2 Å². The van der Waals surface area contributed by atoms with Gasteiger partial charge < -0.3 is 0 Å². The van der Waals surface area contributed by atoms with Gasteiger partial charge in [0.1, 0.15) is 5.69 Å². The number of nitro groups is 1. The molecule has 14 heavy (non-hydrogen) atoms. The van der Waals surface area contributed by atoms with Crippen LogP contribution in [0.5, 0.6) is 0 Å². The van der Waals surface area contributed by atoms with Crippen molar-refractivity contribution >= 4 is 28.3 Å². The van der Waals surface area contributed by atoms with Crippen molar-refractivity contribution in [2.45, 2.75) is 0 Å². The fourth-order valence-electron chi connectivity index (χ4n) is 0.997. The number of benzene rings is 1. The van der Waals surface area contributed by atoms with Crippen LogP contribution in [-0.4, -0.2) is 17.3 Å². The lowest BCUT2D eigenvalue weighted by Gasteiger charge is -2.12. The Morgan fingerprint density at radius 2 is 2.07 bits per heavy atom. The lowest BCUT2D eigenvalue weighted by atomic mass is 10.2. The van der Waals surface area contributed by atoms with Gasteiger partial charge in [-0.1, -0.05) is 12.1 Å². The van der Waals surface area contributed by atoms with E-state index in [0.29, 0.717) is 0 Å². The Bertz CT molecular complexity index is 381. The minimum Gasteiger partial charge on any atom is -0.296 e. The van der Waals surface area contributed by atoms with Gasteiger partial charge in [-0.15, -0.1) is 0 Å². The molecule has 74 valence electrons. The number of rotatable bonds is 2. The molecule has 0 bridgehead atoms. The van der Waals surface area contributed by atoms with Crippen LogP contribution < -0.4 is 4.90 Å². The molecule has 0 radical (unpaired) electrons. The predicted molar refractivity (Wildman–Crippen MR) is 52.7 cm³/mol. The van der Waals surface area contributed by atoms with Gasteiger partial charge in [0.15, 0.2) is 0 Å². The van der Waals surface area contributed by atoms with Gasteiger partial charge in [0.25, 0.3) is 5.69 Å². The van der Waals surface area contributed by atoms with Gasteiger partial charge in [-0.3, -0.25) is 19.8 Å². The first-order valence-corrected chi connectivity index (χ1v) is 4.08. The van der Waals surface area contributed by atoms with E-state index in [4.69, 9.17) is 11.6 Å². The maximum atomic E-state index is 10.8. The molecule has 0 unspecified atom stereocenters. The number of nitrogens with zero attached hydrogens (tertiary/aromatic N) is 2. The fourth-order valence-corrected chi connectivity index (χ4v) is 1.09. The molecule has 0 fully saturated rings. The third kappa shape index (κ3) is 2.00. The molecule has 1 aromatic carbocycles. The molecule has 0 saturated heterocycles. The summed E-state index contributed by atoms with van der Waals surface area (Å²) in [6.07, 6.45) is 0. The summed E-state index contributed by atoms with van der Waals surface area (Å²) in [5.41, 5.74) is 0.0292. The summed E-state index contributed by atoms with van der Waals surface area (Å²) in [6.45, 7) is 0. The minimum atomic E-state index is -0.765. The molecule has 0 aromatic heterocycles. The van der Waals surface area contributed by atoms with Crippen LogP contribution in [0.3, 0.4) is 0 Å². The Morgan fingerprint density at radius 1 is 1.50 bits per heavy atom. The van der Waals surface area contributed by atoms with Crippen LogP contribution in [0.15, 0.2) is 24.3 Å². The van der Waals surface area contributed by atoms with Crippen molar-refractivity contribution in [1.29, 1.82) is 0 Å². The Labute approximate surface area is 85.0 Å². The van der Waals surface area contributed by atoms with Crippen LogP contribution in [-0.2, 0) is 0 Å². The highest BCUT2D eigenvalue weighted by molar-refractivity contribution is 6.66. The van der Waals surface area contributed by atoms with Gasteiger partial charge in [0.2, 0.25) is 0 Å². The topological polar surface area (TPSA) is 63.5 Å². The second-order valence-electron chi connectivity index (χ2n) is 2.56. The van der Waals surface area contributed by atoms with E-state index < -0.39 is 10.3 Å².